The van der Waals surface area contributed by atoms with Crippen LogP contribution < -0.4 is 0 Å². The third-order valence-electron chi connectivity index (χ3n) is 2.63. The van der Waals surface area contributed by atoms with E-state index in [2.05, 4.69) is 13.0 Å². The SMILES string of the molecule is CCCCCCCCCC=CC=CC=CC=O. The lowest BCUT2D eigenvalue weighted by molar-refractivity contribution is -0.104. The molecule has 0 radical (unpaired) electrons. The van der Waals surface area contributed by atoms with Crippen molar-refractivity contribution in [2.75, 3.05) is 0 Å². The second-order valence-corrected chi connectivity index (χ2v) is 4.24. The number of hydrogen-bond acceptors (Lipinski definition) is 1. The van der Waals surface area contributed by atoms with Crippen molar-refractivity contribution in [2.45, 2.75) is 58.3 Å². The number of rotatable bonds is 11. The lowest BCUT2D eigenvalue weighted by Gasteiger charge is -1.98. The number of allylic oxidation sites excluding steroid dienone is 6. The van der Waals surface area contributed by atoms with E-state index in [0.717, 1.165) is 12.7 Å². The summed E-state index contributed by atoms with van der Waals surface area (Å²) in [5.41, 5.74) is 0. The van der Waals surface area contributed by atoms with Gasteiger partial charge in [0.25, 0.3) is 0 Å². The Morgan fingerprint density at radius 3 is 2.00 bits per heavy atom. The number of carbonyl (C=O) groups excluding carboxylic acids is 1. The molecular weight excluding hydrogens is 208 g/mol. The third-order valence-corrected chi connectivity index (χ3v) is 2.63. The first kappa shape index (κ1) is 15.9. The van der Waals surface area contributed by atoms with Crippen LogP contribution in [0.25, 0.3) is 0 Å². The Morgan fingerprint density at radius 1 is 0.706 bits per heavy atom. The maximum absolute atomic E-state index is 9.97. The van der Waals surface area contributed by atoms with Gasteiger partial charge < -0.3 is 0 Å². The zero-order valence-corrected chi connectivity index (χ0v) is 11.1. The molecule has 0 aliphatic heterocycles. The molecule has 0 aromatic carbocycles. The predicted octanol–water partition coefficient (Wildman–Crippen LogP) is 4.99. The maximum Gasteiger partial charge on any atom is 0.142 e. The number of carbonyl (C=O) groups is 1. The fourth-order valence-corrected chi connectivity index (χ4v) is 1.63. The molecule has 0 heterocycles. The minimum atomic E-state index is 0.784. The monoisotopic (exact) mass is 234 g/mol. The first-order valence-electron chi connectivity index (χ1n) is 6.85. The van der Waals surface area contributed by atoms with E-state index in [1.54, 1.807) is 6.08 Å². The van der Waals surface area contributed by atoms with Crippen molar-refractivity contribution in [1.29, 1.82) is 0 Å². The predicted molar refractivity (Wildman–Crippen MR) is 76.1 cm³/mol. The molecule has 0 aliphatic carbocycles. The molecule has 0 spiro atoms. The smallest absolute Gasteiger partial charge is 0.142 e. The van der Waals surface area contributed by atoms with Crippen LogP contribution in [0.2, 0.25) is 0 Å². The van der Waals surface area contributed by atoms with Crippen molar-refractivity contribution in [2.24, 2.45) is 0 Å². The molecule has 0 amide bonds. The van der Waals surface area contributed by atoms with Gasteiger partial charge >= 0.3 is 0 Å². The topological polar surface area (TPSA) is 17.1 Å². The summed E-state index contributed by atoms with van der Waals surface area (Å²) in [4.78, 5) is 9.97. The van der Waals surface area contributed by atoms with Gasteiger partial charge in [-0.15, -0.1) is 0 Å². The molecule has 1 heteroatoms. The number of aldehydes is 1. The Bertz CT molecular complexity index is 236. The highest BCUT2D eigenvalue weighted by atomic mass is 16.1. The second kappa shape index (κ2) is 14.9. The quantitative estimate of drug-likeness (QED) is 0.213. The van der Waals surface area contributed by atoms with Crippen LogP contribution in [0.3, 0.4) is 0 Å². The second-order valence-electron chi connectivity index (χ2n) is 4.24. The first-order chi connectivity index (χ1) is 8.41. The van der Waals surface area contributed by atoms with Crippen LogP contribution in [0.15, 0.2) is 36.5 Å². The Hall–Kier alpha value is -1.11. The molecule has 0 aliphatic rings. The van der Waals surface area contributed by atoms with Crippen molar-refractivity contribution in [3.8, 4) is 0 Å². The summed E-state index contributed by atoms with van der Waals surface area (Å²) in [6.07, 6.45) is 22.8. The van der Waals surface area contributed by atoms with Crippen molar-refractivity contribution in [3.63, 3.8) is 0 Å². The van der Waals surface area contributed by atoms with Crippen LogP contribution >= 0.6 is 0 Å². The highest BCUT2D eigenvalue weighted by Gasteiger charge is 1.88. The number of unbranched alkanes of at least 4 members (excludes halogenated alkanes) is 7. The molecule has 0 atom stereocenters. The number of hydrogen-bond donors (Lipinski definition) is 0. The van der Waals surface area contributed by atoms with Gasteiger partial charge in [0, 0.05) is 0 Å². The zero-order chi connectivity index (χ0) is 12.6. The van der Waals surface area contributed by atoms with Gasteiger partial charge in [-0.3, -0.25) is 4.79 Å². The highest BCUT2D eigenvalue weighted by molar-refractivity contribution is 5.65. The average Bonchev–Trinajstić information content (AvgIpc) is 2.35. The largest absolute Gasteiger partial charge is 0.299 e. The minimum absolute atomic E-state index is 0.784. The van der Waals surface area contributed by atoms with E-state index in [1.165, 1.54) is 51.0 Å². The summed E-state index contributed by atoms with van der Waals surface area (Å²) in [6.45, 7) is 2.25. The van der Waals surface area contributed by atoms with Crippen LogP contribution in [0, 0.1) is 0 Å². The standard InChI is InChI=1S/C16H26O/c1-2-3-4-5-6-7-8-9-10-11-12-13-14-15-16-17/h10-16H,2-9H2,1H3. The zero-order valence-electron chi connectivity index (χ0n) is 11.1. The lowest BCUT2D eigenvalue weighted by Crippen LogP contribution is -1.78. The van der Waals surface area contributed by atoms with Gasteiger partial charge in [0.15, 0.2) is 0 Å². The van der Waals surface area contributed by atoms with E-state index in [-0.39, 0.29) is 0 Å². The summed E-state index contributed by atoms with van der Waals surface area (Å²) in [5.74, 6) is 0. The molecular formula is C16H26O. The molecule has 0 N–H and O–H groups in total. The van der Waals surface area contributed by atoms with E-state index in [9.17, 15) is 4.79 Å². The van der Waals surface area contributed by atoms with Gasteiger partial charge in [0.2, 0.25) is 0 Å². The minimum Gasteiger partial charge on any atom is -0.299 e. The third kappa shape index (κ3) is 14.9. The van der Waals surface area contributed by atoms with E-state index in [4.69, 9.17) is 0 Å². The fourth-order valence-electron chi connectivity index (χ4n) is 1.63. The van der Waals surface area contributed by atoms with E-state index >= 15 is 0 Å². The van der Waals surface area contributed by atoms with Crippen molar-refractivity contribution in [1.82, 2.24) is 0 Å². The molecule has 0 unspecified atom stereocenters. The lowest BCUT2D eigenvalue weighted by atomic mass is 10.1. The Labute approximate surface area is 106 Å². The Kier molecular flexibility index (Phi) is 13.9. The van der Waals surface area contributed by atoms with Gasteiger partial charge in [-0.05, 0) is 18.9 Å². The van der Waals surface area contributed by atoms with Gasteiger partial charge in [-0.1, -0.05) is 75.8 Å². The molecule has 0 rings (SSSR count). The van der Waals surface area contributed by atoms with E-state index in [0.29, 0.717) is 0 Å². The molecule has 0 aromatic rings. The van der Waals surface area contributed by atoms with Crippen LogP contribution in [0.4, 0.5) is 0 Å². The van der Waals surface area contributed by atoms with Crippen LogP contribution in [-0.2, 0) is 4.79 Å². The van der Waals surface area contributed by atoms with Crippen LogP contribution in [-0.4, -0.2) is 6.29 Å². The molecule has 0 fully saturated rings. The van der Waals surface area contributed by atoms with Gasteiger partial charge in [-0.25, -0.2) is 0 Å². The maximum atomic E-state index is 9.97. The molecule has 17 heavy (non-hydrogen) atoms. The van der Waals surface area contributed by atoms with Crippen molar-refractivity contribution < 1.29 is 4.79 Å². The van der Waals surface area contributed by atoms with Crippen LogP contribution in [0.1, 0.15) is 58.3 Å². The van der Waals surface area contributed by atoms with Gasteiger partial charge in [-0.2, -0.15) is 0 Å². The van der Waals surface area contributed by atoms with Gasteiger partial charge in [0.1, 0.15) is 6.29 Å². The van der Waals surface area contributed by atoms with Crippen LogP contribution in [0.5, 0.6) is 0 Å². The molecule has 0 aromatic heterocycles. The molecule has 0 saturated heterocycles. The average molecular weight is 234 g/mol. The summed E-state index contributed by atoms with van der Waals surface area (Å²) in [7, 11) is 0. The normalized spacial score (nSPS) is 12.1. The molecule has 0 bridgehead atoms. The molecule has 1 nitrogen and oxygen atoms in total. The molecule has 96 valence electrons. The van der Waals surface area contributed by atoms with Crippen molar-refractivity contribution >= 4 is 6.29 Å². The highest BCUT2D eigenvalue weighted by Crippen LogP contribution is 2.08. The molecule has 0 saturated carbocycles. The summed E-state index contributed by atoms with van der Waals surface area (Å²) in [6, 6.07) is 0. The Balaban J connectivity index is 3.21. The van der Waals surface area contributed by atoms with E-state index in [1.807, 2.05) is 18.2 Å². The summed E-state index contributed by atoms with van der Waals surface area (Å²) in [5, 5.41) is 0. The summed E-state index contributed by atoms with van der Waals surface area (Å²) >= 11 is 0. The fraction of sp³-hybridized carbons (Fsp3) is 0.562. The summed E-state index contributed by atoms with van der Waals surface area (Å²) < 4.78 is 0. The van der Waals surface area contributed by atoms with Gasteiger partial charge in [0.05, 0.1) is 0 Å². The van der Waals surface area contributed by atoms with Crippen molar-refractivity contribution in [3.05, 3.63) is 36.5 Å². The Morgan fingerprint density at radius 2 is 1.29 bits per heavy atom. The first-order valence-corrected chi connectivity index (χ1v) is 6.85. The van der Waals surface area contributed by atoms with E-state index < -0.39 is 0 Å².